The second-order valence-electron chi connectivity index (χ2n) is 7.35. The minimum atomic E-state index is 0. The highest BCUT2D eigenvalue weighted by atomic mass is 127. The SMILES string of the molecule is CCNC(=NCC(c1ccco1)N(C)C)N1CCOC(c2ccccc2C)C1.I. The summed E-state index contributed by atoms with van der Waals surface area (Å²) in [5, 5.41) is 3.45. The number of furan rings is 1. The molecule has 3 rings (SSSR count). The van der Waals surface area contributed by atoms with Gasteiger partial charge in [0.05, 0.1) is 32.0 Å². The molecule has 1 N–H and O–H groups in total. The van der Waals surface area contributed by atoms with Gasteiger partial charge in [-0.25, -0.2) is 0 Å². The van der Waals surface area contributed by atoms with E-state index in [2.05, 4.69) is 67.3 Å². The highest BCUT2D eigenvalue weighted by Gasteiger charge is 2.25. The minimum absolute atomic E-state index is 0. The Morgan fingerprint density at radius 3 is 2.72 bits per heavy atom. The molecule has 1 fully saturated rings. The molecular weight excluding hydrogens is 479 g/mol. The van der Waals surface area contributed by atoms with Gasteiger partial charge in [-0.15, -0.1) is 24.0 Å². The summed E-state index contributed by atoms with van der Waals surface area (Å²) < 4.78 is 11.7. The van der Waals surface area contributed by atoms with E-state index in [4.69, 9.17) is 14.1 Å². The van der Waals surface area contributed by atoms with Crippen LogP contribution in [0.2, 0.25) is 0 Å². The third-order valence-electron chi connectivity index (χ3n) is 5.15. The number of aliphatic imine (C=N–C) groups is 1. The summed E-state index contributed by atoms with van der Waals surface area (Å²) in [6.07, 6.45) is 1.78. The van der Waals surface area contributed by atoms with Crippen molar-refractivity contribution in [1.82, 2.24) is 15.1 Å². The number of halogens is 1. The number of aryl methyl sites for hydroxylation is 1. The number of ether oxygens (including phenoxy) is 1. The molecule has 0 amide bonds. The Balaban J connectivity index is 0.00000300. The molecule has 2 unspecified atom stereocenters. The number of hydrogen-bond donors (Lipinski definition) is 1. The lowest BCUT2D eigenvalue weighted by molar-refractivity contribution is -0.00836. The first kappa shape index (κ1) is 23.7. The molecule has 6 nitrogen and oxygen atoms in total. The van der Waals surface area contributed by atoms with Crippen molar-refractivity contribution in [3.8, 4) is 0 Å². The molecule has 1 aromatic heterocycles. The Hall–Kier alpha value is -1.58. The summed E-state index contributed by atoms with van der Waals surface area (Å²) >= 11 is 0. The van der Waals surface area contributed by atoms with E-state index in [1.165, 1.54) is 11.1 Å². The molecule has 0 aliphatic carbocycles. The van der Waals surface area contributed by atoms with Crippen molar-refractivity contribution < 1.29 is 9.15 Å². The van der Waals surface area contributed by atoms with Gasteiger partial charge in [-0.2, -0.15) is 0 Å². The molecule has 1 aromatic carbocycles. The second kappa shape index (κ2) is 11.6. The fraction of sp³-hybridized carbons (Fsp3) is 0.500. The maximum absolute atomic E-state index is 6.08. The normalized spacial score (nSPS) is 18.4. The molecular formula is C22H33IN4O2. The Morgan fingerprint density at radius 2 is 2.07 bits per heavy atom. The average molecular weight is 512 g/mol. The Labute approximate surface area is 191 Å². The van der Waals surface area contributed by atoms with E-state index in [0.717, 1.165) is 31.4 Å². The monoisotopic (exact) mass is 512 g/mol. The molecule has 7 heteroatoms. The summed E-state index contributed by atoms with van der Waals surface area (Å²) in [6, 6.07) is 12.5. The van der Waals surface area contributed by atoms with Crippen LogP contribution in [0.4, 0.5) is 0 Å². The molecule has 29 heavy (non-hydrogen) atoms. The third kappa shape index (κ3) is 6.20. The number of nitrogens with one attached hydrogen (secondary N) is 1. The maximum Gasteiger partial charge on any atom is 0.194 e. The van der Waals surface area contributed by atoms with Gasteiger partial charge in [-0.3, -0.25) is 9.89 Å². The lowest BCUT2D eigenvalue weighted by Crippen LogP contribution is -2.48. The van der Waals surface area contributed by atoms with E-state index in [0.29, 0.717) is 13.2 Å². The van der Waals surface area contributed by atoms with Gasteiger partial charge in [0, 0.05) is 13.1 Å². The highest BCUT2D eigenvalue weighted by Crippen LogP contribution is 2.25. The number of rotatable bonds is 6. The topological polar surface area (TPSA) is 53.2 Å². The van der Waals surface area contributed by atoms with Gasteiger partial charge < -0.3 is 19.4 Å². The van der Waals surface area contributed by atoms with E-state index in [-0.39, 0.29) is 36.1 Å². The lowest BCUT2D eigenvalue weighted by atomic mass is 10.0. The molecule has 160 valence electrons. The van der Waals surface area contributed by atoms with Gasteiger partial charge in [0.15, 0.2) is 5.96 Å². The average Bonchev–Trinajstić information content (AvgIpc) is 3.22. The molecule has 0 radical (unpaired) electrons. The number of nitrogens with zero attached hydrogens (tertiary/aromatic N) is 3. The molecule has 0 bridgehead atoms. The predicted octanol–water partition coefficient (Wildman–Crippen LogP) is 3.85. The first-order chi connectivity index (χ1) is 13.6. The van der Waals surface area contributed by atoms with Gasteiger partial charge in [-0.1, -0.05) is 24.3 Å². The Kier molecular flexibility index (Phi) is 9.45. The van der Waals surface area contributed by atoms with E-state index < -0.39 is 0 Å². The fourth-order valence-electron chi connectivity index (χ4n) is 3.57. The van der Waals surface area contributed by atoms with Crippen molar-refractivity contribution in [2.45, 2.75) is 26.0 Å². The van der Waals surface area contributed by atoms with Crippen LogP contribution in [0.3, 0.4) is 0 Å². The molecule has 2 aromatic rings. The summed E-state index contributed by atoms with van der Waals surface area (Å²) in [5.74, 6) is 1.87. The Morgan fingerprint density at radius 1 is 1.28 bits per heavy atom. The lowest BCUT2D eigenvalue weighted by Gasteiger charge is -2.36. The zero-order valence-corrected chi connectivity index (χ0v) is 20.1. The van der Waals surface area contributed by atoms with E-state index in [1.807, 2.05) is 12.1 Å². The van der Waals surface area contributed by atoms with Crippen LogP contribution in [0.15, 0.2) is 52.1 Å². The fourth-order valence-corrected chi connectivity index (χ4v) is 3.57. The van der Waals surface area contributed by atoms with Crippen molar-refractivity contribution in [3.05, 3.63) is 59.5 Å². The Bertz CT molecular complexity index is 764. The number of guanidine groups is 1. The molecule has 2 atom stereocenters. The van der Waals surface area contributed by atoms with Crippen molar-refractivity contribution in [3.63, 3.8) is 0 Å². The highest BCUT2D eigenvalue weighted by molar-refractivity contribution is 14.0. The van der Waals surface area contributed by atoms with Crippen LogP contribution in [-0.2, 0) is 4.74 Å². The van der Waals surface area contributed by atoms with Gasteiger partial charge in [0.1, 0.15) is 11.9 Å². The van der Waals surface area contributed by atoms with Crippen LogP contribution in [0.5, 0.6) is 0 Å². The molecule has 1 saturated heterocycles. The molecule has 2 heterocycles. The molecule has 1 aliphatic rings. The quantitative estimate of drug-likeness (QED) is 0.362. The van der Waals surface area contributed by atoms with Crippen molar-refractivity contribution in [1.29, 1.82) is 0 Å². The van der Waals surface area contributed by atoms with Crippen molar-refractivity contribution >= 4 is 29.9 Å². The predicted molar refractivity (Wildman–Crippen MR) is 128 cm³/mol. The van der Waals surface area contributed by atoms with E-state index >= 15 is 0 Å². The zero-order chi connectivity index (χ0) is 19.9. The summed E-state index contributed by atoms with van der Waals surface area (Å²) in [7, 11) is 4.11. The molecule has 0 saturated carbocycles. The zero-order valence-electron chi connectivity index (χ0n) is 17.8. The van der Waals surface area contributed by atoms with Gasteiger partial charge >= 0.3 is 0 Å². The number of benzene rings is 1. The minimum Gasteiger partial charge on any atom is -0.468 e. The summed E-state index contributed by atoms with van der Waals surface area (Å²) in [5.41, 5.74) is 2.52. The summed E-state index contributed by atoms with van der Waals surface area (Å²) in [4.78, 5) is 9.38. The first-order valence-corrected chi connectivity index (χ1v) is 10.00. The number of morpholine rings is 1. The first-order valence-electron chi connectivity index (χ1n) is 10.00. The number of likely N-dealkylation sites (N-methyl/N-ethyl adjacent to an activating group) is 1. The van der Waals surface area contributed by atoms with Crippen molar-refractivity contribution in [2.75, 3.05) is 46.9 Å². The van der Waals surface area contributed by atoms with Crippen LogP contribution in [0, 0.1) is 6.92 Å². The van der Waals surface area contributed by atoms with Crippen LogP contribution >= 0.6 is 24.0 Å². The van der Waals surface area contributed by atoms with Crippen LogP contribution in [-0.4, -0.2) is 62.6 Å². The largest absolute Gasteiger partial charge is 0.468 e. The smallest absolute Gasteiger partial charge is 0.194 e. The van der Waals surface area contributed by atoms with Gasteiger partial charge in [0.2, 0.25) is 0 Å². The maximum atomic E-state index is 6.08. The van der Waals surface area contributed by atoms with Crippen molar-refractivity contribution in [2.24, 2.45) is 4.99 Å². The van der Waals surface area contributed by atoms with Gasteiger partial charge in [-0.05, 0) is 51.2 Å². The van der Waals surface area contributed by atoms with Crippen LogP contribution in [0.1, 0.15) is 36.0 Å². The number of hydrogen-bond acceptors (Lipinski definition) is 4. The van der Waals surface area contributed by atoms with Crippen LogP contribution in [0.25, 0.3) is 0 Å². The van der Waals surface area contributed by atoms with E-state index in [1.54, 1.807) is 6.26 Å². The van der Waals surface area contributed by atoms with Gasteiger partial charge in [0.25, 0.3) is 0 Å². The second-order valence-corrected chi connectivity index (χ2v) is 7.35. The molecule has 1 aliphatic heterocycles. The third-order valence-corrected chi connectivity index (χ3v) is 5.15. The standard InChI is InChI=1S/C22H32N4O2.HI/c1-5-23-22(24-15-19(25(3)4)20-11-8-13-27-20)26-12-14-28-21(16-26)18-10-7-6-9-17(18)2;/h6-11,13,19,21H,5,12,14-16H2,1-4H3,(H,23,24);1H. The molecule has 0 spiro atoms. The summed E-state index contributed by atoms with van der Waals surface area (Å²) in [6.45, 7) is 8.03. The van der Waals surface area contributed by atoms with Crippen LogP contribution < -0.4 is 5.32 Å². The van der Waals surface area contributed by atoms with E-state index in [9.17, 15) is 0 Å².